The summed E-state index contributed by atoms with van der Waals surface area (Å²) in [6.45, 7) is 2.47. The van der Waals surface area contributed by atoms with Gasteiger partial charge >= 0.3 is 0 Å². The van der Waals surface area contributed by atoms with Gasteiger partial charge in [0.15, 0.2) is 0 Å². The lowest BCUT2D eigenvalue weighted by atomic mass is 10.2. The first-order valence-electron chi connectivity index (χ1n) is 6.11. The Morgan fingerprint density at radius 2 is 2.00 bits per heavy atom. The van der Waals surface area contributed by atoms with Crippen molar-refractivity contribution in [1.82, 2.24) is 9.97 Å². The van der Waals surface area contributed by atoms with Gasteiger partial charge in [0.05, 0.1) is 12.3 Å². The number of rotatable bonds is 2. The molecule has 0 aromatic carbocycles. The highest BCUT2D eigenvalue weighted by Gasteiger charge is 2.22. The number of ether oxygens (including phenoxy) is 1. The number of morpholine rings is 1. The van der Waals surface area contributed by atoms with Crippen molar-refractivity contribution in [3.63, 3.8) is 0 Å². The van der Waals surface area contributed by atoms with Gasteiger partial charge in [0.25, 0.3) is 0 Å². The lowest BCUT2D eigenvalue weighted by Gasteiger charge is -2.34. The first-order chi connectivity index (χ1) is 8.93. The van der Waals surface area contributed by atoms with Crippen LogP contribution in [0.5, 0.6) is 0 Å². The highest BCUT2D eigenvalue weighted by molar-refractivity contribution is 5.45. The number of hydrogen-bond acceptors (Lipinski definition) is 4. The zero-order chi connectivity index (χ0) is 12.2. The second-order valence-electron chi connectivity index (χ2n) is 4.27. The van der Waals surface area contributed by atoms with Gasteiger partial charge in [-0.1, -0.05) is 6.07 Å². The maximum atomic E-state index is 5.80. The van der Waals surface area contributed by atoms with Crippen LogP contribution in [0.1, 0.15) is 11.8 Å². The average molecular weight is 241 g/mol. The highest BCUT2D eigenvalue weighted by atomic mass is 16.5. The van der Waals surface area contributed by atoms with Gasteiger partial charge in [-0.2, -0.15) is 0 Å². The molecule has 0 N–H and O–H groups in total. The molecule has 0 spiro atoms. The Bertz CT molecular complexity index is 443. The maximum absolute atomic E-state index is 5.80. The third-order valence-corrected chi connectivity index (χ3v) is 3.11. The number of nitrogens with zero attached hydrogens (tertiary/aromatic N) is 3. The normalized spacial score (nSPS) is 19.8. The summed E-state index contributed by atoms with van der Waals surface area (Å²) < 4.78 is 5.80. The van der Waals surface area contributed by atoms with Crippen LogP contribution in [0, 0.1) is 0 Å². The van der Waals surface area contributed by atoms with E-state index in [-0.39, 0.29) is 6.10 Å². The van der Waals surface area contributed by atoms with Crippen LogP contribution in [0.15, 0.2) is 48.9 Å². The van der Waals surface area contributed by atoms with Gasteiger partial charge in [-0.15, -0.1) is 0 Å². The Balaban J connectivity index is 1.77. The van der Waals surface area contributed by atoms with Crippen LogP contribution in [0.25, 0.3) is 0 Å². The van der Waals surface area contributed by atoms with Crippen molar-refractivity contribution in [3.8, 4) is 0 Å². The minimum absolute atomic E-state index is 0.0492. The van der Waals surface area contributed by atoms with Gasteiger partial charge in [-0.05, 0) is 24.3 Å². The fourth-order valence-corrected chi connectivity index (χ4v) is 2.18. The minimum Gasteiger partial charge on any atom is -0.368 e. The molecule has 4 heteroatoms. The molecule has 0 unspecified atom stereocenters. The van der Waals surface area contributed by atoms with Crippen molar-refractivity contribution in [1.29, 1.82) is 0 Å². The number of aromatic nitrogens is 2. The zero-order valence-corrected chi connectivity index (χ0v) is 10.1. The SMILES string of the molecule is c1ccc([C@H]2CN(c3ccncc3)CCO2)nc1. The van der Waals surface area contributed by atoms with E-state index in [0.717, 1.165) is 25.4 Å². The van der Waals surface area contributed by atoms with Crippen LogP contribution >= 0.6 is 0 Å². The monoisotopic (exact) mass is 241 g/mol. The van der Waals surface area contributed by atoms with Crippen molar-refractivity contribution in [3.05, 3.63) is 54.6 Å². The first kappa shape index (κ1) is 11.2. The van der Waals surface area contributed by atoms with Crippen molar-refractivity contribution >= 4 is 5.69 Å². The van der Waals surface area contributed by atoms with Crippen LogP contribution in [0.3, 0.4) is 0 Å². The molecule has 0 saturated carbocycles. The molecule has 1 saturated heterocycles. The Labute approximate surface area is 106 Å². The summed E-state index contributed by atoms with van der Waals surface area (Å²) in [6.07, 6.45) is 5.50. The standard InChI is InChI=1S/C14H15N3O/c1-2-6-16-13(3-1)14-11-17(9-10-18-14)12-4-7-15-8-5-12/h1-8,14H,9-11H2/t14-/m1/s1. The van der Waals surface area contributed by atoms with E-state index in [2.05, 4.69) is 14.9 Å². The van der Waals surface area contributed by atoms with Crippen molar-refractivity contribution in [2.45, 2.75) is 6.10 Å². The summed E-state index contributed by atoms with van der Waals surface area (Å²) in [4.78, 5) is 10.7. The second kappa shape index (κ2) is 5.14. The Morgan fingerprint density at radius 1 is 1.11 bits per heavy atom. The Morgan fingerprint density at radius 3 is 2.78 bits per heavy atom. The Kier molecular flexibility index (Phi) is 3.19. The molecule has 2 aromatic rings. The first-order valence-corrected chi connectivity index (χ1v) is 6.11. The predicted octanol–water partition coefficient (Wildman–Crippen LogP) is 2.05. The van der Waals surface area contributed by atoms with E-state index in [1.54, 1.807) is 0 Å². The van der Waals surface area contributed by atoms with Gasteiger partial charge in [-0.3, -0.25) is 9.97 Å². The van der Waals surface area contributed by atoms with Gasteiger partial charge in [0.2, 0.25) is 0 Å². The molecular weight excluding hydrogens is 226 g/mol. The van der Waals surface area contributed by atoms with Crippen LogP contribution in [-0.2, 0) is 4.74 Å². The van der Waals surface area contributed by atoms with Crippen LogP contribution in [-0.4, -0.2) is 29.7 Å². The average Bonchev–Trinajstić information content (AvgIpc) is 2.49. The largest absolute Gasteiger partial charge is 0.368 e. The topological polar surface area (TPSA) is 38.2 Å². The number of hydrogen-bond donors (Lipinski definition) is 0. The molecule has 1 fully saturated rings. The smallest absolute Gasteiger partial charge is 0.117 e. The molecule has 1 aliphatic heterocycles. The highest BCUT2D eigenvalue weighted by Crippen LogP contribution is 2.24. The van der Waals surface area contributed by atoms with E-state index in [9.17, 15) is 0 Å². The fourth-order valence-electron chi connectivity index (χ4n) is 2.18. The summed E-state index contributed by atoms with van der Waals surface area (Å²) in [5.74, 6) is 0. The predicted molar refractivity (Wildman–Crippen MR) is 69.4 cm³/mol. The summed E-state index contributed by atoms with van der Waals surface area (Å²) in [5.41, 5.74) is 2.19. The van der Waals surface area contributed by atoms with Gasteiger partial charge in [0, 0.05) is 37.4 Å². The molecule has 18 heavy (non-hydrogen) atoms. The number of anilines is 1. The molecule has 1 aliphatic rings. The van der Waals surface area contributed by atoms with Crippen molar-refractivity contribution in [2.75, 3.05) is 24.6 Å². The molecule has 0 amide bonds. The maximum Gasteiger partial charge on any atom is 0.117 e. The molecule has 0 radical (unpaired) electrons. The fraction of sp³-hybridized carbons (Fsp3) is 0.286. The van der Waals surface area contributed by atoms with Gasteiger partial charge in [-0.25, -0.2) is 0 Å². The van der Waals surface area contributed by atoms with Gasteiger partial charge < -0.3 is 9.64 Å². The Hall–Kier alpha value is -1.94. The molecule has 4 nitrogen and oxygen atoms in total. The minimum atomic E-state index is 0.0492. The van der Waals surface area contributed by atoms with E-state index >= 15 is 0 Å². The number of pyridine rings is 2. The van der Waals surface area contributed by atoms with Crippen molar-refractivity contribution < 1.29 is 4.74 Å². The van der Waals surface area contributed by atoms with E-state index in [0.29, 0.717) is 0 Å². The van der Waals surface area contributed by atoms with Crippen LogP contribution in [0.2, 0.25) is 0 Å². The molecule has 2 aromatic heterocycles. The molecule has 92 valence electrons. The lowest BCUT2D eigenvalue weighted by Crippen LogP contribution is -2.38. The zero-order valence-electron chi connectivity index (χ0n) is 10.1. The summed E-state index contributed by atoms with van der Waals surface area (Å²) in [5, 5.41) is 0. The van der Waals surface area contributed by atoms with E-state index in [1.165, 1.54) is 5.69 Å². The molecule has 1 atom stereocenters. The molecular formula is C14H15N3O. The van der Waals surface area contributed by atoms with E-state index in [1.807, 2.05) is 48.9 Å². The lowest BCUT2D eigenvalue weighted by molar-refractivity contribution is 0.0370. The van der Waals surface area contributed by atoms with E-state index < -0.39 is 0 Å². The molecule has 3 rings (SSSR count). The molecule has 3 heterocycles. The van der Waals surface area contributed by atoms with Gasteiger partial charge in [0.1, 0.15) is 6.10 Å². The van der Waals surface area contributed by atoms with Crippen LogP contribution < -0.4 is 4.90 Å². The quantitative estimate of drug-likeness (QED) is 0.806. The summed E-state index contributed by atoms with van der Waals surface area (Å²) in [7, 11) is 0. The third kappa shape index (κ3) is 2.33. The van der Waals surface area contributed by atoms with Crippen LogP contribution in [0.4, 0.5) is 5.69 Å². The summed E-state index contributed by atoms with van der Waals surface area (Å²) in [6, 6.07) is 9.99. The third-order valence-electron chi connectivity index (χ3n) is 3.11. The molecule has 0 bridgehead atoms. The second-order valence-corrected chi connectivity index (χ2v) is 4.27. The van der Waals surface area contributed by atoms with E-state index in [4.69, 9.17) is 4.74 Å². The van der Waals surface area contributed by atoms with Crippen molar-refractivity contribution in [2.24, 2.45) is 0 Å². The summed E-state index contributed by atoms with van der Waals surface area (Å²) >= 11 is 0. The molecule has 0 aliphatic carbocycles.